The molecule has 1 unspecified atom stereocenters. The maximum Gasteiger partial charge on any atom is 0.254 e. The Balaban J connectivity index is 2.54. The summed E-state index contributed by atoms with van der Waals surface area (Å²) in [5.41, 5.74) is 0.334. The van der Waals surface area contributed by atoms with Crippen LogP contribution in [0.3, 0.4) is 0 Å². The minimum absolute atomic E-state index is 0.174. The summed E-state index contributed by atoms with van der Waals surface area (Å²) >= 11 is 5.73. The molecule has 1 atom stereocenters. The molecule has 0 aliphatic rings. The lowest BCUT2D eigenvalue weighted by atomic mass is 10.3. The zero-order valence-corrected chi connectivity index (χ0v) is 9.77. The van der Waals surface area contributed by atoms with Crippen LogP contribution in [0.2, 0.25) is 5.15 Å². The maximum atomic E-state index is 11.5. The second-order valence-corrected chi connectivity index (χ2v) is 4.79. The molecule has 1 aromatic heterocycles. The van der Waals surface area contributed by atoms with Gasteiger partial charge in [0.1, 0.15) is 5.15 Å². The number of amides is 1. The summed E-state index contributed by atoms with van der Waals surface area (Å²) in [5.74, 6) is 0.141. The van der Waals surface area contributed by atoms with Gasteiger partial charge in [-0.2, -0.15) is 0 Å². The van der Waals surface area contributed by atoms with Crippen molar-refractivity contribution in [3.8, 4) is 0 Å². The van der Waals surface area contributed by atoms with Crippen molar-refractivity contribution in [2.75, 3.05) is 18.6 Å². The smallest absolute Gasteiger partial charge is 0.254 e. The zero-order chi connectivity index (χ0) is 11.3. The van der Waals surface area contributed by atoms with Gasteiger partial charge < -0.3 is 5.32 Å². The molecule has 0 aliphatic heterocycles. The molecule has 0 bridgehead atoms. The van der Waals surface area contributed by atoms with Gasteiger partial charge in [-0.25, -0.2) is 4.98 Å². The van der Waals surface area contributed by atoms with Gasteiger partial charge in [-0.1, -0.05) is 11.6 Å². The van der Waals surface area contributed by atoms with Crippen LogP contribution in [0.5, 0.6) is 0 Å². The molecule has 1 N–H and O–H groups in total. The van der Waals surface area contributed by atoms with E-state index in [4.69, 9.17) is 11.6 Å². The minimum atomic E-state index is -0.907. The molecular formula is C9H11ClN2O2S. The van der Waals surface area contributed by atoms with Gasteiger partial charge in [0.05, 0.1) is 5.56 Å². The largest absolute Gasteiger partial charge is 0.351 e. The van der Waals surface area contributed by atoms with Crippen LogP contribution in [-0.4, -0.2) is 33.7 Å². The van der Waals surface area contributed by atoms with Crippen LogP contribution in [0, 0.1) is 0 Å². The molecule has 0 spiro atoms. The standard InChI is InChI=1S/C9H11ClN2O2S/c1-15(14)6-5-12-9(13)7-3-2-4-11-8(7)10/h2-4H,5-6H2,1H3,(H,12,13). The topological polar surface area (TPSA) is 59.1 Å². The predicted molar refractivity (Wildman–Crippen MR) is 60.5 cm³/mol. The second kappa shape index (κ2) is 5.82. The van der Waals surface area contributed by atoms with Gasteiger partial charge in [0, 0.05) is 35.5 Å². The quantitative estimate of drug-likeness (QED) is 0.801. The van der Waals surface area contributed by atoms with E-state index in [1.165, 1.54) is 6.20 Å². The first-order valence-electron chi connectivity index (χ1n) is 4.30. The summed E-state index contributed by atoms with van der Waals surface area (Å²) in [4.78, 5) is 15.3. The first kappa shape index (κ1) is 12.1. The number of carbonyl (C=O) groups is 1. The summed E-state index contributed by atoms with van der Waals surface area (Å²) in [6, 6.07) is 3.23. The fourth-order valence-electron chi connectivity index (χ4n) is 0.959. The van der Waals surface area contributed by atoms with Gasteiger partial charge >= 0.3 is 0 Å². The van der Waals surface area contributed by atoms with E-state index in [1.807, 2.05) is 0 Å². The minimum Gasteiger partial charge on any atom is -0.351 e. The van der Waals surface area contributed by atoms with Crippen molar-refractivity contribution < 1.29 is 9.00 Å². The van der Waals surface area contributed by atoms with E-state index in [2.05, 4.69) is 10.3 Å². The number of nitrogens with zero attached hydrogens (tertiary/aromatic N) is 1. The molecule has 0 aliphatic carbocycles. The Morgan fingerprint density at radius 1 is 1.67 bits per heavy atom. The highest BCUT2D eigenvalue weighted by Crippen LogP contribution is 2.10. The van der Waals surface area contributed by atoms with E-state index in [9.17, 15) is 9.00 Å². The van der Waals surface area contributed by atoms with Gasteiger partial charge in [-0.05, 0) is 12.1 Å². The normalized spacial score (nSPS) is 12.1. The number of rotatable bonds is 4. The van der Waals surface area contributed by atoms with Gasteiger partial charge in [0.25, 0.3) is 5.91 Å². The van der Waals surface area contributed by atoms with Gasteiger partial charge in [-0.3, -0.25) is 9.00 Å². The molecule has 82 valence electrons. The molecule has 0 saturated heterocycles. The molecule has 1 heterocycles. The van der Waals surface area contributed by atoms with E-state index in [0.29, 0.717) is 17.9 Å². The SMILES string of the molecule is CS(=O)CCNC(=O)c1cccnc1Cl. The number of carbonyl (C=O) groups excluding carboxylic acids is 1. The lowest BCUT2D eigenvalue weighted by Crippen LogP contribution is -2.27. The monoisotopic (exact) mass is 246 g/mol. The Labute approximate surface area is 95.5 Å². The molecule has 1 amide bonds. The molecule has 0 aromatic carbocycles. The third-order valence-corrected chi connectivity index (χ3v) is 2.76. The lowest BCUT2D eigenvalue weighted by molar-refractivity contribution is 0.0956. The number of nitrogens with one attached hydrogen (secondary N) is 1. The summed E-state index contributed by atoms with van der Waals surface area (Å²) in [5, 5.41) is 2.79. The van der Waals surface area contributed by atoms with Crippen molar-refractivity contribution in [3.05, 3.63) is 29.0 Å². The summed E-state index contributed by atoms with van der Waals surface area (Å²) in [7, 11) is -0.907. The van der Waals surface area contributed by atoms with E-state index in [0.717, 1.165) is 0 Å². The van der Waals surface area contributed by atoms with Crippen molar-refractivity contribution >= 4 is 28.3 Å². The van der Waals surface area contributed by atoms with E-state index in [1.54, 1.807) is 18.4 Å². The third kappa shape index (κ3) is 3.97. The second-order valence-electron chi connectivity index (χ2n) is 2.87. The lowest BCUT2D eigenvalue weighted by Gasteiger charge is -2.04. The fourth-order valence-corrected chi connectivity index (χ4v) is 1.55. The van der Waals surface area contributed by atoms with E-state index in [-0.39, 0.29) is 11.1 Å². The Bertz CT molecular complexity index is 384. The molecule has 1 rings (SSSR count). The Morgan fingerprint density at radius 2 is 2.40 bits per heavy atom. The first-order chi connectivity index (χ1) is 7.11. The highest BCUT2D eigenvalue weighted by atomic mass is 35.5. The maximum absolute atomic E-state index is 11.5. The van der Waals surface area contributed by atoms with Crippen molar-refractivity contribution in [3.63, 3.8) is 0 Å². The predicted octanol–water partition coefficient (Wildman–Crippen LogP) is 0.843. The number of pyridine rings is 1. The van der Waals surface area contributed by atoms with E-state index < -0.39 is 10.8 Å². The van der Waals surface area contributed by atoms with Crippen molar-refractivity contribution in [2.24, 2.45) is 0 Å². The third-order valence-electron chi connectivity index (χ3n) is 1.68. The van der Waals surface area contributed by atoms with Crippen molar-refractivity contribution in [2.45, 2.75) is 0 Å². The fraction of sp³-hybridized carbons (Fsp3) is 0.333. The molecule has 6 heteroatoms. The Hall–Kier alpha value is -0.940. The molecule has 0 saturated carbocycles. The molecular weight excluding hydrogens is 236 g/mol. The number of aromatic nitrogens is 1. The summed E-state index contributed by atoms with van der Waals surface area (Å²) in [6.07, 6.45) is 3.10. The zero-order valence-electron chi connectivity index (χ0n) is 8.20. The summed E-state index contributed by atoms with van der Waals surface area (Å²) in [6.45, 7) is 0.368. The molecule has 4 nitrogen and oxygen atoms in total. The molecule has 15 heavy (non-hydrogen) atoms. The van der Waals surface area contributed by atoms with Crippen LogP contribution in [0.4, 0.5) is 0 Å². The van der Waals surface area contributed by atoms with Crippen LogP contribution in [-0.2, 0) is 10.8 Å². The first-order valence-corrected chi connectivity index (χ1v) is 6.40. The molecule has 1 aromatic rings. The number of hydrogen-bond acceptors (Lipinski definition) is 3. The van der Waals surface area contributed by atoms with Crippen LogP contribution in [0.1, 0.15) is 10.4 Å². The average Bonchev–Trinajstić information content (AvgIpc) is 2.17. The van der Waals surface area contributed by atoms with E-state index >= 15 is 0 Å². The highest BCUT2D eigenvalue weighted by Gasteiger charge is 2.09. The highest BCUT2D eigenvalue weighted by molar-refractivity contribution is 7.84. The molecule has 0 radical (unpaired) electrons. The van der Waals surface area contributed by atoms with Gasteiger partial charge in [0.15, 0.2) is 0 Å². The van der Waals surface area contributed by atoms with Gasteiger partial charge in [0.2, 0.25) is 0 Å². The van der Waals surface area contributed by atoms with Crippen molar-refractivity contribution in [1.82, 2.24) is 10.3 Å². The van der Waals surface area contributed by atoms with Crippen molar-refractivity contribution in [1.29, 1.82) is 0 Å². The Morgan fingerprint density at radius 3 is 3.00 bits per heavy atom. The van der Waals surface area contributed by atoms with Crippen LogP contribution in [0.15, 0.2) is 18.3 Å². The van der Waals surface area contributed by atoms with Gasteiger partial charge in [-0.15, -0.1) is 0 Å². The number of halogens is 1. The molecule has 0 fully saturated rings. The number of hydrogen-bond donors (Lipinski definition) is 1. The van der Waals surface area contributed by atoms with Crippen LogP contribution >= 0.6 is 11.6 Å². The Kier molecular flexibility index (Phi) is 4.71. The van der Waals surface area contributed by atoms with Crippen LogP contribution in [0.25, 0.3) is 0 Å². The average molecular weight is 247 g/mol. The van der Waals surface area contributed by atoms with Crippen LogP contribution < -0.4 is 5.32 Å². The summed E-state index contributed by atoms with van der Waals surface area (Å²) < 4.78 is 10.8.